The van der Waals surface area contributed by atoms with Crippen LogP contribution in [0, 0.1) is 5.92 Å². The number of amides is 1. The van der Waals surface area contributed by atoms with Gasteiger partial charge in [-0.05, 0) is 30.2 Å². The van der Waals surface area contributed by atoms with Crippen molar-refractivity contribution in [3.63, 3.8) is 0 Å². The molecule has 1 aliphatic heterocycles. The highest BCUT2D eigenvalue weighted by molar-refractivity contribution is 5.93. The highest BCUT2D eigenvalue weighted by Crippen LogP contribution is 2.30. The number of piperidine rings is 1. The Morgan fingerprint density at radius 2 is 2.03 bits per heavy atom. The summed E-state index contributed by atoms with van der Waals surface area (Å²) in [5, 5.41) is 7.09. The van der Waals surface area contributed by atoms with E-state index < -0.39 is 12.0 Å². The largest absolute Gasteiger partial charge is 0.497 e. The Hall–Kier alpha value is -4.18. The first kappa shape index (κ1) is 25.9. The quantitative estimate of drug-likeness (QED) is 0.332. The van der Waals surface area contributed by atoms with Crippen molar-refractivity contribution in [2.24, 2.45) is 5.92 Å². The number of methoxy groups -OCH3 is 2. The van der Waals surface area contributed by atoms with Crippen molar-refractivity contribution >= 4 is 34.5 Å². The minimum absolute atomic E-state index is 0.100. The molecule has 0 bridgehead atoms. The molecule has 1 aliphatic rings. The van der Waals surface area contributed by atoms with Crippen molar-refractivity contribution in [1.29, 1.82) is 0 Å². The van der Waals surface area contributed by atoms with Crippen molar-refractivity contribution in [1.82, 2.24) is 20.2 Å². The molecular weight excluding hydrogens is 474 g/mol. The maximum atomic E-state index is 12.6. The second-order valence-corrected chi connectivity index (χ2v) is 8.68. The molecule has 2 heterocycles. The van der Waals surface area contributed by atoms with E-state index in [0.29, 0.717) is 31.9 Å². The monoisotopic (exact) mass is 505 g/mol. The highest BCUT2D eigenvalue weighted by Gasteiger charge is 2.36. The third-order valence-electron chi connectivity index (χ3n) is 6.31. The molecule has 0 unspecified atom stereocenters. The number of nitrogens with zero attached hydrogens (tertiary/aromatic N) is 3. The highest BCUT2D eigenvalue weighted by atomic mass is 16.5. The molecule has 4 rings (SSSR count). The summed E-state index contributed by atoms with van der Waals surface area (Å²) in [5.41, 5.74) is 2.67. The molecule has 2 aromatic carbocycles. The molecule has 1 amide bonds. The lowest BCUT2D eigenvalue weighted by Gasteiger charge is -2.37. The van der Waals surface area contributed by atoms with E-state index in [1.807, 2.05) is 42.5 Å². The summed E-state index contributed by atoms with van der Waals surface area (Å²) >= 11 is 0. The van der Waals surface area contributed by atoms with Crippen LogP contribution in [0.15, 0.2) is 61.4 Å². The van der Waals surface area contributed by atoms with Crippen LogP contribution in [0.1, 0.15) is 12.0 Å². The van der Waals surface area contributed by atoms with Gasteiger partial charge in [0, 0.05) is 42.8 Å². The van der Waals surface area contributed by atoms with Gasteiger partial charge in [0.1, 0.15) is 24.5 Å². The summed E-state index contributed by atoms with van der Waals surface area (Å²) in [4.78, 5) is 35.8. The Bertz CT molecular complexity index is 1260. The summed E-state index contributed by atoms with van der Waals surface area (Å²) in [7, 11) is 2.98. The first-order chi connectivity index (χ1) is 18.0. The Morgan fingerprint density at radius 3 is 2.81 bits per heavy atom. The number of benzene rings is 2. The molecule has 1 aromatic heterocycles. The number of hydrogen-bond acceptors (Lipinski definition) is 9. The zero-order valence-corrected chi connectivity index (χ0v) is 21.0. The van der Waals surface area contributed by atoms with Gasteiger partial charge in [0.2, 0.25) is 0 Å². The second kappa shape index (κ2) is 12.2. The molecule has 10 heteroatoms. The van der Waals surface area contributed by atoms with Gasteiger partial charge < -0.3 is 24.8 Å². The Balaban J connectivity index is 1.55. The van der Waals surface area contributed by atoms with Crippen LogP contribution in [0.4, 0.5) is 16.3 Å². The van der Waals surface area contributed by atoms with Crippen LogP contribution in [0.2, 0.25) is 0 Å². The molecule has 3 aromatic rings. The normalized spacial score (nSPS) is 17.6. The maximum Gasteiger partial charge on any atom is 0.407 e. The minimum Gasteiger partial charge on any atom is -0.497 e. The number of ether oxygens (including phenoxy) is 3. The van der Waals surface area contributed by atoms with Crippen molar-refractivity contribution < 1.29 is 23.8 Å². The summed E-state index contributed by atoms with van der Waals surface area (Å²) in [6.45, 7) is 5.30. The van der Waals surface area contributed by atoms with Gasteiger partial charge in [0.05, 0.1) is 25.7 Å². The molecule has 1 fully saturated rings. The molecule has 0 aliphatic carbocycles. The van der Waals surface area contributed by atoms with E-state index in [1.165, 1.54) is 19.5 Å². The van der Waals surface area contributed by atoms with E-state index in [2.05, 4.69) is 32.1 Å². The number of anilines is 2. The fourth-order valence-electron chi connectivity index (χ4n) is 4.54. The predicted octanol–water partition coefficient (Wildman–Crippen LogP) is 3.66. The molecular formula is C27H31N5O5. The Morgan fingerprint density at radius 1 is 1.19 bits per heavy atom. The number of esters is 1. The van der Waals surface area contributed by atoms with Crippen molar-refractivity contribution in [3.8, 4) is 5.75 Å². The number of nitrogens with one attached hydrogen (secondary N) is 2. The number of hydrogen-bond donors (Lipinski definition) is 2. The van der Waals surface area contributed by atoms with Crippen LogP contribution in [-0.4, -0.2) is 66.9 Å². The second-order valence-electron chi connectivity index (χ2n) is 8.68. The topological polar surface area (TPSA) is 115 Å². The van der Waals surface area contributed by atoms with E-state index >= 15 is 0 Å². The van der Waals surface area contributed by atoms with Gasteiger partial charge in [-0.1, -0.05) is 30.9 Å². The minimum atomic E-state index is -0.577. The van der Waals surface area contributed by atoms with E-state index in [1.54, 1.807) is 7.11 Å². The van der Waals surface area contributed by atoms with E-state index in [9.17, 15) is 9.59 Å². The number of likely N-dealkylation sites (tertiary alicyclic amines) is 1. The van der Waals surface area contributed by atoms with Gasteiger partial charge >= 0.3 is 12.1 Å². The fourth-order valence-corrected chi connectivity index (χ4v) is 4.54. The van der Waals surface area contributed by atoms with E-state index in [4.69, 9.17) is 14.2 Å². The van der Waals surface area contributed by atoms with Crippen molar-refractivity contribution in [2.75, 3.05) is 39.2 Å². The molecule has 1 saturated heterocycles. The van der Waals surface area contributed by atoms with Gasteiger partial charge in [-0.2, -0.15) is 0 Å². The standard InChI is InChI=1S/C27H31N5O5/c1-4-13-37-27(34)31-22-11-12-32(16-21(22)26(33)36-3)15-18-7-5-10-23-24(18)25(29-17-28-23)30-19-8-6-9-20(14-19)35-2/h4-10,14,17,21-22H,1,11-13,15-16H2,2-3H3,(H,31,34)(H,28,29,30)/t21-,22-/m1/s1. The average molecular weight is 506 g/mol. The number of alkyl carbamates (subject to hydrolysis) is 1. The zero-order valence-electron chi connectivity index (χ0n) is 21.0. The van der Waals surface area contributed by atoms with Crippen LogP contribution >= 0.6 is 0 Å². The third kappa shape index (κ3) is 6.34. The van der Waals surface area contributed by atoms with Crippen LogP contribution in [0.5, 0.6) is 5.75 Å². The summed E-state index contributed by atoms with van der Waals surface area (Å²) in [6.07, 6.45) is 3.02. The molecule has 194 valence electrons. The van der Waals surface area contributed by atoms with Gasteiger partial charge in [-0.3, -0.25) is 9.69 Å². The zero-order chi connectivity index (χ0) is 26.2. The van der Waals surface area contributed by atoms with Gasteiger partial charge in [0.15, 0.2) is 0 Å². The van der Waals surface area contributed by atoms with E-state index in [0.717, 1.165) is 27.9 Å². The maximum absolute atomic E-state index is 12.6. The molecule has 0 saturated carbocycles. The Labute approximate surface area is 215 Å². The number of aromatic nitrogens is 2. The first-order valence-corrected chi connectivity index (χ1v) is 12.0. The lowest BCUT2D eigenvalue weighted by molar-refractivity contribution is -0.148. The number of fused-ring (bicyclic) bond motifs is 1. The van der Waals surface area contributed by atoms with Crippen LogP contribution in [0.25, 0.3) is 10.9 Å². The van der Waals surface area contributed by atoms with Gasteiger partial charge in [-0.25, -0.2) is 14.8 Å². The molecule has 37 heavy (non-hydrogen) atoms. The fraction of sp³-hybridized carbons (Fsp3) is 0.333. The molecule has 2 N–H and O–H groups in total. The smallest absolute Gasteiger partial charge is 0.407 e. The van der Waals surface area contributed by atoms with Crippen LogP contribution < -0.4 is 15.4 Å². The summed E-state index contributed by atoms with van der Waals surface area (Å²) in [5.74, 6) is 0.512. The number of carbonyl (C=O) groups excluding carboxylic acids is 2. The Kier molecular flexibility index (Phi) is 8.52. The van der Waals surface area contributed by atoms with Crippen molar-refractivity contribution in [3.05, 3.63) is 67.0 Å². The van der Waals surface area contributed by atoms with Crippen molar-refractivity contribution in [2.45, 2.75) is 19.0 Å². The molecule has 0 spiro atoms. The number of rotatable bonds is 9. The molecule has 0 radical (unpaired) electrons. The van der Waals surface area contributed by atoms with Gasteiger partial charge in [0.25, 0.3) is 0 Å². The SMILES string of the molecule is C=CCOC(=O)N[C@@H]1CCN(Cc2cccc3ncnc(Nc4cccc(OC)c4)c23)C[C@H]1C(=O)OC. The predicted molar refractivity (Wildman–Crippen MR) is 140 cm³/mol. The van der Waals surface area contributed by atoms with Gasteiger partial charge in [-0.15, -0.1) is 0 Å². The van der Waals surface area contributed by atoms with Crippen LogP contribution in [-0.2, 0) is 20.8 Å². The molecule has 10 nitrogen and oxygen atoms in total. The summed E-state index contributed by atoms with van der Waals surface area (Å²) in [6, 6.07) is 13.2. The average Bonchev–Trinajstić information content (AvgIpc) is 2.92. The van der Waals surface area contributed by atoms with E-state index in [-0.39, 0.29) is 18.6 Å². The molecule has 2 atom stereocenters. The number of carbonyl (C=O) groups is 2. The lowest BCUT2D eigenvalue weighted by atomic mass is 9.91. The third-order valence-corrected chi connectivity index (χ3v) is 6.31. The summed E-state index contributed by atoms with van der Waals surface area (Å²) < 4.78 is 15.4. The first-order valence-electron chi connectivity index (χ1n) is 12.0. The lowest BCUT2D eigenvalue weighted by Crippen LogP contribution is -2.53. The van der Waals surface area contributed by atoms with Crippen LogP contribution in [0.3, 0.4) is 0 Å².